The summed E-state index contributed by atoms with van der Waals surface area (Å²) in [6.45, 7) is 4.69. The SMILES string of the molecule is CC(C)CCOc1ccc(Br)cc1C(=O)NNC(=O)c1ccc(NC(=O)C2CC2)cc1. The van der Waals surface area contributed by atoms with Gasteiger partial charge in [-0.3, -0.25) is 25.2 Å². The fourth-order valence-corrected chi connectivity index (χ4v) is 3.12. The summed E-state index contributed by atoms with van der Waals surface area (Å²) in [6, 6.07) is 11.6. The highest BCUT2D eigenvalue weighted by molar-refractivity contribution is 9.10. The molecule has 0 aromatic heterocycles. The zero-order chi connectivity index (χ0) is 22.4. The predicted octanol–water partition coefficient (Wildman–Crippen LogP) is 4.30. The molecule has 0 spiro atoms. The van der Waals surface area contributed by atoms with E-state index in [1.807, 2.05) is 0 Å². The van der Waals surface area contributed by atoms with Crippen molar-refractivity contribution in [2.75, 3.05) is 11.9 Å². The summed E-state index contributed by atoms with van der Waals surface area (Å²) in [6.07, 6.45) is 2.72. The van der Waals surface area contributed by atoms with Crippen LogP contribution in [-0.4, -0.2) is 24.3 Å². The molecular formula is C23H26BrN3O4. The third-order valence-electron chi connectivity index (χ3n) is 4.79. The molecule has 0 aliphatic heterocycles. The third-order valence-corrected chi connectivity index (χ3v) is 5.28. The van der Waals surface area contributed by atoms with Crippen LogP contribution in [0.25, 0.3) is 0 Å². The van der Waals surface area contributed by atoms with Crippen LogP contribution in [-0.2, 0) is 4.79 Å². The van der Waals surface area contributed by atoms with Crippen molar-refractivity contribution in [1.82, 2.24) is 10.9 Å². The second-order valence-corrected chi connectivity index (χ2v) is 8.84. The Morgan fingerprint density at radius 2 is 1.71 bits per heavy atom. The van der Waals surface area contributed by atoms with Gasteiger partial charge >= 0.3 is 0 Å². The van der Waals surface area contributed by atoms with Crippen molar-refractivity contribution in [2.24, 2.45) is 11.8 Å². The van der Waals surface area contributed by atoms with Crippen LogP contribution < -0.4 is 20.9 Å². The fourth-order valence-electron chi connectivity index (χ4n) is 2.76. The van der Waals surface area contributed by atoms with E-state index in [2.05, 4.69) is 45.9 Å². The minimum absolute atomic E-state index is 0.00454. The van der Waals surface area contributed by atoms with E-state index in [1.54, 1.807) is 42.5 Å². The lowest BCUT2D eigenvalue weighted by atomic mass is 10.1. The van der Waals surface area contributed by atoms with Gasteiger partial charge in [-0.15, -0.1) is 0 Å². The first kappa shape index (κ1) is 22.8. The maximum Gasteiger partial charge on any atom is 0.273 e. The fraction of sp³-hybridized carbons (Fsp3) is 0.348. The first-order valence-corrected chi connectivity index (χ1v) is 11.1. The molecule has 0 unspecified atom stereocenters. The number of carbonyl (C=O) groups is 3. The Bertz CT molecular complexity index is 956. The highest BCUT2D eigenvalue weighted by Gasteiger charge is 2.29. The predicted molar refractivity (Wildman–Crippen MR) is 122 cm³/mol. The molecule has 3 amide bonds. The van der Waals surface area contributed by atoms with Crippen LogP contribution in [0.3, 0.4) is 0 Å². The quantitative estimate of drug-likeness (QED) is 0.483. The van der Waals surface area contributed by atoms with Crippen molar-refractivity contribution in [3.63, 3.8) is 0 Å². The van der Waals surface area contributed by atoms with E-state index in [0.717, 1.165) is 23.7 Å². The first-order valence-electron chi connectivity index (χ1n) is 10.3. The standard InChI is InChI=1S/C23H26BrN3O4/c1-14(2)11-12-31-20-10-7-17(24)13-19(20)23(30)27-26-22(29)16-5-8-18(9-6-16)25-21(28)15-3-4-15/h5-10,13-15H,3-4,11-12H2,1-2H3,(H,25,28)(H,26,29)(H,27,30). The summed E-state index contributed by atoms with van der Waals surface area (Å²) in [4.78, 5) is 36.8. The van der Waals surface area contributed by atoms with Gasteiger partial charge in [0, 0.05) is 21.6 Å². The van der Waals surface area contributed by atoms with Crippen molar-refractivity contribution in [3.8, 4) is 5.75 Å². The second-order valence-electron chi connectivity index (χ2n) is 7.92. The zero-order valence-electron chi connectivity index (χ0n) is 17.5. The molecule has 164 valence electrons. The minimum atomic E-state index is -0.484. The van der Waals surface area contributed by atoms with E-state index in [9.17, 15) is 14.4 Å². The molecule has 0 saturated heterocycles. The van der Waals surface area contributed by atoms with Gasteiger partial charge in [0.05, 0.1) is 12.2 Å². The van der Waals surface area contributed by atoms with Gasteiger partial charge < -0.3 is 10.1 Å². The van der Waals surface area contributed by atoms with Crippen molar-refractivity contribution < 1.29 is 19.1 Å². The number of carbonyl (C=O) groups excluding carboxylic acids is 3. The molecule has 1 saturated carbocycles. The van der Waals surface area contributed by atoms with E-state index in [0.29, 0.717) is 35.1 Å². The Labute approximate surface area is 190 Å². The maximum absolute atomic E-state index is 12.6. The summed E-state index contributed by atoms with van der Waals surface area (Å²) in [7, 11) is 0. The van der Waals surface area contributed by atoms with Crippen LogP contribution >= 0.6 is 15.9 Å². The van der Waals surface area contributed by atoms with Crippen molar-refractivity contribution in [1.29, 1.82) is 0 Å². The lowest BCUT2D eigenvalue weighted by Crippen LogP contribution is -2.41. The maximum atomic E-state index is 12.6. The molecule has 0 atom stereocenters. The van der Waals surface area contributed by atoms with Crippen LogP contribution in [0.15, 0.2) is 46.9 Å². The number of nitrogens with one attached hydrogen (secondary N) is 3. The van der Waals surface area contributed by atoms with Crippen LogP contribution in [0.5, 0.6) is 5.75 Å². The highest BCUT2D eigenvalue weighted by Crippen LogP contribution is 2.30. The molecule has 0 heterocycles. The number of hydrogen-bond acceptors (Lipinski definition) is 4. The summed E-state index contributed by atoms with van der Waals surface area (Å²) in [5.74, 6) is 0.0975. The number of hydrazine groups is 1. The van der Waals surface area contributed by atoms with Crippen molar-refractivity contribution >= 4 is 39.3 Å². The molecule has 31 heavy (non-hydrogen) atoms. The zero-order valence-corrected chi connectivity index (χ0v) is 19.1. The number of hydrogen-bond donors (Lipinski definition) is 3. The molecule has 8 heteroatoms. The lowest BCUT2D eigenvalue weighted by molar-refractivity contribution is -0.117. The summed E-state index contributed by atoms with van der Waals surface area (Å²) >= 11 is 3.36. The Morgan fingerprint density at radius 3 is 2.35 bits per heavy atom. The summed E-state index contributed by atoms with van der Waals surface area (Å²) < 4.78 is 6.48. The van der Waals surface area contributed by atoms with Crippen molar-refractivity contribution in [3.05, 3.63) is 58.1 Å². The molecular weight excluding hydrogens is 462 g/mol. The molecule has 3 rings (SSSR count). The van der Waals surface area contributed by atoms with E-state index in [4.69, 9.17) is 4.74 Å². The van der Waals surface area contributed by atoms with Crippen molar-refractivity contribution in [2.45, 2.75) is 33.1 Å². The molecule has 1 aliphatic carbocycles. The summed E-state index contributed by atoms with van der Waals surface area (Å²) in [5.41, 5.74) is 6.14. The number of anilines is 1. The van der Waals surface area contributed by atoms with Gasteiger partial charge in [0.25, 0.3) is 11.8 Å². The van der Waals surface area contributed by atoms with E-state index in [1.165, 1.54) is 0 Å². The number of benzene rings is 2. The van der Waals surface area contributed by atoms with Gasteiger partial charge in [0.15, 0.2) is 0 Å². The molecule has 1 fully saturated rings. The minimum Gasteiger partial charge on any atom is -0.493 e. The Morgan fingerprint density at radius 1 is 1.03 bits per heavy atom. The molecule has 3 N–H and O–H groups in total. The average Bonchev–Trinajstić information content (AvgIpc) is 3.58. The topological polar surface area (TPSA) is 96.5 Å². The van der Waals surface area contributed by atoms with Gasteiger partial charge in [-0.05, 0) is 67.6 Å². The molecule has 1 aliphatic rings. The van der Waals surface area contributed by atoms with Crippen LogP contribution in [0, 0.1) is 11.8 Å². The van der Waals surface area contributed by atoms with E-state index < -0.39 is 11.8 Å². The van der Waals surface area contributed by atoms with E-state index >= 15 is 0 Å². The van der Waals surface area contributed by atoms with Gasteiger partial charge in [0.2, 0.25) is 5.91 Å². The molecule has 7 nitrogen and oxygen atoms in total. The van der Waals surface area contributed by atoms with Gasteiger partial charge in [-0.25, -0.2) is 0 Å². The number of amides is 3. The molecule has 0 radical (unpaired) electrons. The number of ether oxygens (including phenoxy) is 1. The lowest BCUT2D eigenvalue weighted by Gasteiger charge is -2.14. The number of halogens is 1. The first-order chi connectivity index (χ1) is 14.8. The van der Waals surface area contributed by atoms with Gasteiger partial charge in [0.1, 0.15) is 5.75 Å². The van der Waals surface area contributed by atoms with Crippen LogP contribution in [0.4, 0.5) is 5.69 Å². The van der Waals surface area contributed by atoms with Crippen LogP contribution in [0.1, 0.15) is 53.8 Å². The van der Waals surface area contributed by atoms with Crippen LogP contribution in [0.2, 0.25) is 0 Å². The summed E-state index contributed by atoms with van der Waals surface area (Å²) in [5, 5.41) is 2.82. The third kappa shape index (κ3) is 6.82. The average molecular weight is 488 g/mol. The molecule has 0 bridgehead atoms. The normalized spacial score (nSPS) is 12.9. The smallest absolute Gasteiger partial charge is 0.273 e. The Kier molecular flexibility index (Phi) is 7.68. The van der Waals surface area contributed by atoms with Gasteiger partial charge in [-0.1, -0.05) is 29.8 Å². The number of rotatable bonds is 8. The largest absolute Gasteiger partial charge is 0.493 e. The van der Waals surface area contributed by atoms with E-state index in [-0.39, 0.29) is 11.8 Å². The monoisotopic (exact) mass is 487 g/mol. The molecule has 2 aromatic rings. The Balaban J connectivity index is 1.56. The molecule has 2 aromatic carbocycles. The van der Waals surface area contributed by atoms with Gasteiger partial charge in [-0.2, -0.15) is 0 Å². The Hall–Kier alpha value is -2.87. The second kappa shape index (κ2) is 10.4. The highest BCUT2D eigenvalue weighted by atomic mass is 79.9.